The van der Waals surface area contributed by atoms with Crippen LogP contribution in [0.2, 0.25) is 5.02 Å². The van der Waals surface area contributed by atoms with Crippen molar-refractivity contribution in [2.75, 3.05) is 33.2 Å². The molecule has 6 nitrogen and oxygen atoms in total. The van der Waals surface area contributed by atoms with Gasteiger partial charge >= 0.3 is 0 Å². The van der Waals surface area contributed by atoms with Gasteiger partial charge in [0.2, 0.25) is 5.89 Å². The zero-order valence-electron chi connectivity index (χ0n) is 17.7. The van der Waals surface area contributed by atoms with Crippen molar-refractivity contribution in [1.29, 1.82) is 0 Å². The van der Waals surface area contributed by atoms with Crippen molar-refractivity contribution in [3.05, 3.63) is 88.6 Å². The molecule has 1 aliphatic rings. The van der Waals surface area contributed by atoms with Gasteiger partial charge in [0, 0.05) is 44.3 Å². The number of halogens is 1. The van der Waals surface area contributed by atoms with Gasteiger partial charge in [-0.05, 0) is 30.3 Å². The van der Waals surface area contributed by atoms with Gasteiger partial charge in [-0.1, -0.05) is 54.1 Å². The van der Waals surface area contributed by atoms with Gasteiger partial charge < -0.3 is 14.2 Å². The smallest absolute Gasteiger partial charge is 0.275 e. The molecule has 0 N–H and O–H groups in total. The highest BCUT2D eigenvalue weighted by atomic mass is 35.5. The summed E-state index contributed by atoms with van der Waals surface area (Å²) in [5.74, 6) is 0.484. The Balaban J connectivity index is 1.46. The summed E-state index contributed by atoms with van der Waals surface area (Å²) in [5, 5.41) is 0.720. The molecule has 0 atom stereocenters. The van der Waals surface area contributed by atoms with E-state index in [-0.39, 0.29) is 5.91 Å². The summed E-state index contributed by atoms with van der Waals surface area (Å²) in [5.41, 5.74) is 2.74. The highest BCUT2D eigenvalue weighted by Crippen LogP contribution is 2.17. The number of carbonyl (C=O) groups is 1. The standard InChI is InChI=1S/C24H27ClN4O2/c1-27-11-13-29(14-12-27)24(30)22-18-31-23(26-22)17-28(15-19-5-3-2-4-6-19)16-20-7-9-21(25)10-8-20/h2-10,18H,11-17H2,1H3. The summed E-state index contributed by atoms with van der Waals surface area (Å²) in [6.45, 7) is 5.16. The Labute approximate surface area is 188 Å². The van der Waals surface area contributed by atoms with E-state index in [0.29, 0.717) is 31.2 Å². The van der Waals surface area contributed by atoms with Crippen LogP contribution in [0.15, 0.2) is 65.3 Å². The van der Waals surface area contributed by atoms with E-state index >= 15 is 0 Å². The molecular weight excluding hydrogens is 412 g/mol. The average molecular weight is 439 g/mol. The van der Waals surface area contributed by atoms with Gasteiger partial charge in [0.05, 0.1) is 6.54 Å². The Kier molecular flexibility index (Phi) is 7.02. The lowest BCUT2D eigenvalue weighted by atomic mass is 10.1. The maximum atomic E-state index is 12.8. The monoisotopic (exact) mass is 438 g/mol. The summed E-state index contributed by atoms with van der Waals surface area (Å²) >= 11 is 6.04. The molecule has 1 aliphatic heterocycles. The molecule has 31 heavy (non-hydrogen) atoms. The number of amides is 1. The molecule has 1 fully saturated rings. The Morgan fingerprint density at radius 2 is 1.61 bits per heavy atom. The number of hydrogen-bond acceptors (Lipinski definition) is 5. The quantitative estimate of drug-likeness (QED) is 0.559. The number of benzene rings is 2. The molecule has 4 rings (SSSR count). The number of oxazole rings is 1. The molecule has 1 amide bonds. The third kappa shape index (κ3) is 5.94. The number of nitrogens with zero attached hydrogens (tertiary/aromatic N) is 4. The fraction of sp³-hybridized carbons (Fsp3) is 0.333. The van der Waals surface area contributed by atoms with Crippen LogP contribution >= 0.6 is 11.6 Å². The first kappa shape index (κ1) is 21.6. The van der Waals surface area contributed by atoms with Crippen LogP contribution in [-0.2, 0) is 19.6 Å². The van der Waals surface area contributed by atoms with Crippen LogP contribution in [0.1, 0.15) is 27.5 Å². The minimum atomic E-state index is -0.0598. The molecule has 0 bridgehead atoms. The highest BCUT2D eigenvalue weighted by Gasteiger charge is 2.23. The topological polar surface area (TPSA) is 52.8 Å². The Bertz CT molecular complexity index is 982. The van der Waals surface area contributed by atoms with Crippen LogP contribution in [0.4, 0.5) is 0 Å². The van der Waals surface area contributed by atoms with Gasteiger partial charge in [-0.2, -0.15) is 0 Å². The Morgan fingerprint density at radius 3 is 2.29 bits per heavy atom. The molecule has 0 unspecified atom stereocenters. The molecule has 162 valence electrons. The summed E-state index contributed by atoms with van der Waals surface area (Å²) in [4.78, 5) is 23.6. The van der Waals surface area contributed by atoms with E-state index in [1.165, 1.54) is 11.8 Å². The van der Waals surface area contributed by atoms with Crippen molar-refractivity contribution in [1.82, 2.24) is 19.7 Å². The Morgan fingerprint density at radius 1 is 0.968 bits per heavy atom. The zero-order chi connectivity index (χ0) is 21.6. The van der Waals surface area contributed by atoms with E-state index in [0.717, 1.165) is 36.8 Å². The maximum absolute atomic E-state index is 12.8. The van der Waals surface area contributed by atoms with E-state index in [4.69, 9.17) is 16.0 Å². The molecule has 1 saturated heterocycles. The molecule has 1 aromatic heterocycles. The van der Waals surface area contributed by atoms with E-state index in [1.807, 2.05) is 47.4 Å². The third-order valence-corrected chi connectivity index (χ3v) is 5.74. The first-order valence-corrected chi connectivity index (χ1v) is 10.9. The molecule has 0 aliphatic carbocycles. The van der Waals surface area contributed by atoms with Crippen LogP contribution < -0.4 is 0 Å². The van der Waals surface area contributed by atoms with Crippen LogP contribution in [0, 0.1) is 0 Å². The van der Waals surface area contributed by atoms with Gasteiger partial charge in [-0.25, -0.2) is 4.98 Å². The maximum Gasteiger partial charge on any atom is 0.275 e. The minimum absolute atomic E-state index is 0.0598. The van der Waals surface area contributed by atoms with E-state index in [9.17, 15) is 4.79 Å². The predicted octanol–water partition coefficient (Wildman–Crippen LogP) is 3.92. The van der Waals surface area contributed by atoms with Crippen LogP contribution in [0.5, 0.6) is 0 Å². The third-order valence-electron chi connectivity index (χ3n) is 5.49. The predicted molar refractivity (Wildman–Crippen MR) is 121 cm³/mol. The molecular formula is C24H27ClN4O2. The van der Waals surface area contributed by atoms with Crippen LogP contribution in [-0.4, -0.2) is 58.8 Å². The molecule has 0 spiro atoms. The molecule has 7 heteroatoms. The second kappa shape index (κ2) is 10.1. The first-order chi connectivity index (χ1) is 15.1. The van der Waals surface area contributed by atoms with Crippen molar-refractivity contribution in [2.45, 2.75) is 19.6 Å². The fourth-order valence-corrected chi connectivity index (χ4v) is 3.83. The van der Waals surface area contributed by atoms with Crippen molar-refractivity contribution in [3.8, 4) is 0 Å². The lowest BCUT2D eigenvalue weighted by molar-refractivity contribution is 0.0658. The van der Waals surface area contributed by atoms with Crippen molar-refractivity contribution in [3.63, 3.8) is 0 Å². The summed E-state index contributed by atoms with van der Waals surface area (Å²) in [6, 6.07) is 18.1. The van der Waals surface area contributed by atoms with E-state index in [1.54, 1.807) is 0 Å². The first-order valence-electron chi connectivity index (χ1n) is 10.5. The van der Waals surface area contributed by atoms with Crippen molar-refractivity contribution >= 4 is 17.5 Å². The molecule has 2 heterocycles. The van der Waals surface area contributed by atoms with Gasteiger partial charge in [-0.15, -0.1) is 0 Å². The fourth-order valence-electron chi connectivity index (χ4n) is 3.70. The lowest BCUT2D eigenvalue weighted by Crippen LogP contribution is -2.47. The van der Waals surface area contributed by atoms with Crippen molar-refractivity contribution < 1.29 is 9.21 Å². The zero-order valence-corrected chi connectivity index (χ0v) is 18.5. The normalized spacial score (nSPS) is 14.9. The molecule has 2 aromatic carbocycles. The average Bonchev–Trinajstić information content (AvgIpc) is 3.24. The second-order valence-corrected chi connectivity index (χ2v) is 8.42. The number of likely N-dealkylation sites (N-methyl/N-ethyl adjacent to an activating group) is 1. The van der Waals surface area contributed by atoms with Crippen LogP contribution in [0.3, 0.4) is 0 Å². The van der Waals surface area contributed by atoms with Crippen LogP contribution in [0.25, 0.3) is 0 Å². The highest BCUT2D eigenvalue weighted by molar-refractivity contribution is 6.30. The summed E-state index contributed by atoms with van der Waals surface area (Å²) in [6.07, 6.45) is 1.49. The van der Waals surface area contributed by atoms with Gasteiger partial charge in [0.1, 0.15) is 6.26 Å². The van der Waals surface area contributed by atoms with E-state index < -0.39 is 0 Å². The SMILES string of the molecule is CN1CCN(C(=O)c2coc(CN(Cc3ccccc3)Cc3ccc(Cl)cc3)n2)CC1. The van der Waals surface area contributed by atoms with Gasteiger partial charge in [0.25, 0.3) is 5.91 Å². The number of rotatable bonds is 7. The van der Waals surface area contributed by atoms with Gasteiger partial charge in [-0.3, -0.25) is 9.69 Å². The second-order valence-electron chi connectivity index (χ2n) is 7.98. The summed E-state index contributed by atoms with van der Waals surface area (Å²) in [7, 11) is 2.07. The molecule has 0 radical (unpaired) electrons. The number of piperazine rings is 1. The minimum Gasteiger partial charge on any atom is -0.447 e. The van der Waals surface area contributed by atoms with Crippen molar-refractivity contribution in [2.24, 2.45) is 0 Å². The number of hydrogen-bond donors (Lipinski definition) is 0. The molecule has 3 aromatic rings. The number of aromatic nitrogens is 1. The summed E-state index contributed by atoms with van der Waals surface area (Å²) < 4.78 is 5.69. The number of carbonyl (C=O) groups excluding carboxylic acids is 1. The van der Waals surface area contributed by atoms with E-state index in [2.05, 4.69) is 34.0 Å². The Hall–Kier alpha value is -2.67. The molecule has 0 saturated carbocycles. The van der Waals surface area contributed by atoms with Gasteiger partial charge in [0.15, 0.2) is 5.69 Å². The largest absolute Gasteiger partial charge is 0.447 e. The lowest BCUT2D eigenvalue weighted by Gasteiger charge is -2.31.